The highest BCUT2D eigenvalue weighted by Gasteiger charge is 2.15. The van der Waals surface area contributed by atoms with Gasteiger partial charge in [-0.15, -0.1) is 0 Å². The lowest BCUT2D eigenvalue weighted by Crippen LogP contribution is -2.11. The Balaban J connectivity index is 1.99. The highest BCUT2D eigenvalue weighted by atomic mass is 127. The number of rotatable bonds is 2. The van der Waals surface area contributed by atoms with Crippen LogP contribution in [0.3, 0.4) is 0 Å². The van der Waals surface area contributed by atoms with Crippen LogP contribution in [0.25, 0.3) is 0 Å². The molecule has 1 saturated carbocycles. The van der Waals surface area contributed by atoms with Crippen LogP contribution in [-0.4, -0.2) is 9.55 Å². The summed E-state index contributed by atoms with van der Waals surface area (Å²) in [7, 11) is 2.12. The highest BCUT2D eigenvalue weighted by Crippen LogP contribution is 2.26. The van der Waals surface area contributed by atoms with E-state index in [4.69, 9.17) is 0 Å². The van der Waals surface area contributed by atoms with E-state index in [-0.39, 0.29) is 0 Å². The van der Waals surface area contributed by atoms with Crippen LogP contribution in [0.4, 0.5) is 0 Å². The van der Waals surface area contributed by atoms with Crippen molar-refractivity contribution in [3.63, 3.8) is 0 Å². The van der Waals surface area contributed by atoms with Gasteiger partial charge in [0, 0.05) is 18.9 Å². The van der Waals surface area contributed by atoms with E-state index >= 15 is 0 Å². The second-order valence-corrected chi connectivity index (χ2v) is 5.25. The van der Waals surface area contributed by atoms with Crippen molar-refractivity contribution in [3.8, 4) is 0 Å². The quantitative estimate of drug-likeness (QED) is 0.768. The molecule has 14 heavy (non-hydrogen) atoms. The Morgan fingerprint density at radius 2 is 2.14 bits per heavy atom. The average molecular weight is 304 g/mol. The number of hydrogen-bond acceptors (Lipinski definition) is 1. The fourth-order valence-electron chi connectivity index (χ4n) is 2.30. The first kappa shape index (κ1) is 10.5. The van der Waals surface area contributed by atoms with Crippen LogP contribution in [-0.2, 0) is 13.5 Å². The van der Waals surface area contributed by atoms with Crippen molar-refractivity contribution >= 4 is 22.6 Å². The molecule has 1 heterocycles. The Hall–Kier alpha value is -0.0600. The summed E-state index contributed by atoms with van der Waals surface area (Å²) in [6.45, 7) is 0. The average Bonchev–Trinajstić information content (AvgIpc) is 2.52. The maximum absolute atomic E-state index is 4.33. The van der Waals surface area contributed by atoms with E-state index in [1.165, 1.54) is 44.2 Å². The largest absolute Gasteiger partial charge is 0.327 e. The molecule has 3 heteroatoms. The molecule has 0 unspecified atom stereocenters. The molecule has 2 rings (SSSR count). The maximum Gasteiger partial charge on any atom is 0.171 e. The molecular formula is C11H17IN2. The summed E-state index contributed by atoms with van der Waals surface area (Å²) in [5.74, 6) is 0.912. The number of halogens is 1. The molecule has 1 aromatic heterocycles. The normalized spacial score (nSPS) is 18.7. The van der Waals surface area contributed by atoms with Crippen LogP contribution < -0.4 is 0 Å². The lowest BCUT2D eigenvalue weighted by molar-refractivity contribution is 0.352. The van der Waals surface area contributed by atoms with Crippen molar-refractivity contribution in [2.24, 2.45) is 13.0 Å². The lowest BCUT2D eigenvalue weighted by atomic mass is 9.86. The van der Waals surface area contributed by atoms with Crippen LogP contribution in [0.5, 0.6) is 0 Å². The zero-order valence-corrected chi connectivity index (χ0v) is 10.8. The van der Waals surface area contributed by atoms with E-state index in [0.29, 0.717) is 0 Å². The molecule has 0 N–H and O–H groups in total. The van der Waals surface area contributed by atoms with Crippen LogP contribution in [0.1, 0.15) is 37.8 Å². The fourth-order valence-corrected chi connectivity index (χ4v) is 2.75. The van der Waals surface area contributed by atoms with Gasteiger partial charge in [-0.1, -0.05) is 32.1 Å². The number of imidazole rings is 1. The predicted octanol–water partition coefficient (Wildman–Crippen LogP) is 3.15. The summed E-state index contributed by atoms with van der Waals surface area (Å²) in [6.07, 6.45) is 10.4. The topological polar surface area (TPSA) is 17.8 Å². The van der Waals surface area contributed by atoms with Gasteiger partial charge in [-0.3, -0.25) is 0 Å². The van der Waals surface area contributed by atoms with Crippen LogP contribution in [0.15, 0.2) is 6.20 Å². The van der Waals surface area contributed by atoms with Crippen molar-refractivity contribution in [2.75, 3.05) is 0 Å². The molecule has 78 valence electrons. The SMILES string of the molecule is Cn1c(CC2CCCCC2)cnc1I. The summed E-state index contributed by atoms with van der Waals surface area (Å²) in [4.78, 5) is 4.33. The zero-order chi connectivity index (χ0) is 9.97. The van der Waals surface area contributed by atoms with Crippen molar-refractivity contribution in [2.45, 2.75) is 38.5 Å². The van der Waals surface area contributed by atoms with Gasteiger partial charge >= 0.3 is 0 Å². The first-order chi connectivity index (χ1) is 6.77. The minimum atomic E-state index is 0.912. The Labute approximate surface area is 99.2 Å². The van der Waals surface area contributed by atoms with Gasteiger partial charge in [0.15, 0.2) is 3.83 Å². The zero-order valence-electron chi connectivity index (χ0n) is 8.67. The van der Waals surface area contributed by atoms with E-state index in [2.05, 4.69) is 39.2 Å². The van der Waals surface area contributed by atoms with E-state index < -0.39 is 0 Å². The molecule has 2 nitrogen and oxygen atoms in total. The summed E-state index contributed by atoms with van der Waals surface area (Å²) in [5, 5.41) is 0. The molecule has 0 aromatic carbocycles. The third kappa shape index (κ3) is 2.30. The van der Waals surface area contributed by atoms with Crippen molar-refractivity contribution < 1.29 is 0 Å². The van der Waals surface area contributed by atoms with E-state index in [0.717, 1.165) is 9.75 Å². The molecule has 0 amide bonds. The molecular weight excluding hydrogens is 287 g/mol. The van der Waals surface area contributed by atoms with Gasteiger partial charge in [0.1, 0.15) is 0 Å². The van der Waals surface area contributed by atoms with Crippen LogP contribution in [0.2, 0.25) is 0 Å². The van der Waals surface area contributed by atoms with E-state index in [9.17, 15) is 0 Å². The second-order valence-electron chi connectivity index (χ2n) is 4.29. The lowest BCUT2D eigenvalue weighted by Gasteiger charge is -2.21. The molecule has 0 atom stereocenters. The summed E-state index contributed by atoms with van der Waals surface area (Å²) < 4.78 is 3.32. The third-order valence-corrected chi connectivity index (χ3v) is 4.25. The van der Waals surface area contributed by atoms with E-state index in [1.807, 2.05) is 6.20 Å². The van der Waals surface area contributed by atoms with Crippen molar-refractivity contribution in [3.05, 3.63) is 15.7 Å². The molecule has 1 aliphatic rings. The molecule has 0 radical (unpaired) electrons. The monoisotopic (exact) mass is 304 g/mol. The summed E-state index contributed by atoms with van der Waals surface area (Å²) >= 11 is 2.29. The summed E-state index contributed by atoms with van der Waals surface area (Å²) in [5.41, 5.74) is 1.40. The van der Waals surface area contributed by atoms with Crippen molar-refractivity contribution in [1.29, 1.82) is 0 Å². The predicted molar refractivity (Wildman–Crippen MR) is 66.2 cm³/mol. The van der Waals surface area contributed by atoms with Gasteiger partial charge in [0.25, 0.3) is 0 Å². The Kier molecular flexibility index (Phi) is 3.47. The first-order valence-electron chi connectivity index (χ1n) is 5.43. The van der Waals surface area contributed by atoms with Gasteiger partial charge in [0.05, 0.1) is 0 Å². The van der Waals surface area contributed by atoms with Gasteiger partial charge < -0.3 is 4.57 Å². The highest BCUT2D eigenvalue weighted by molar-refractivity contribution is 14.1. The van der Waals surface area contributed by atoms with Gasteiger partial charge in [-0.05, 0) is 34.9 Å². The van der Waals surface area contributed by atoms with Crippen molar-refractivity contribution in [1.82, 2.24) is 9.55 Å². The van der Waals surface area contributed by atoms with Gasteiger partial charge in [0.2, 0.25) is 0 Å². The van der Waals surface area contributed by atoms with Crippen LogP contribution >= 0.6 is 22.6 Å². The molecule has 0 saturated heterocycles. The second kappa shape index (κ2) is 4.64. The Morgan fingerprint density at radius 3 is 2.71 bits per heavy atom. The maximum atomic E-state index is 4.33. The molecule has 1 aliphatic carbocycles. The standard InChI is InChI=1S/C11H17IN2/c1-14-10(8-13-11(14)12)7-9-5-3-2-4-6-9/h8-9H,2-7H2,1H3. The van der Waals surface area contributed by atoms with Gasteiger partial charge in [-0.25, -0.2) is 4.98 Å². The minimum Gasteiger partial charge on any atom is -0.327 e. The first-order valence-corrected chi connectivity index (χ1v) is 6.51. The fraction of sp³-hybridized carbons (Fsp3) is 0.727. The number of aromatic nitrogens is 2. The Bertz CT molecular complexity index is 300. The number of nitrogens with zero attached hydrogens (tertiary/aromatic N) is 2. The minimum absolute atomic E-state index is 0.912. The smallest absolute Gasteiger partial charge is 0.171 e. The third-order valence-electron chi connectivity index (χ3n) is 3.25. The van der Waals surface area contributed by atoms with E-state index in [1.54, 1.807) is 0 Å². The Morgan fingerprint density at radius 1 is 1.43 bits per heavy atom. The molecule has 0 spiro atoms. The molecule has 0 aliphatic heterocycles. The number of hydrogen-bond donors (Lipinski definition) is 0. The van der Waals surface area contributed by atoms with Crippen LogP contribution in [0, 0.1) is 9.75 Å². The summed E-state index contributed by atoms with van der Waals surface area (Å²) in [6, 6.07) is 0. The molecule has 1 aromatic rings. The molecule has 1 fully saturated rings. The van der Waals surface area contributed by atoms with Gasteiger partial charge in [-0.2, -0.15) is 0 Å². The molecule has 0 bridgehead atoms.